The summed E-state index contributed by atoms with van der Waals surface area (Å²) in [7, 11) is 0. The van der Waals surface area contributed by atoms with Crippen molar-refractivity contribution >= 4 is 28.5 Å². The van der Waals surface area contributed by atoms with Crippen LogP contribution in [0.2, 0.25) is 0 Å². The van der Waals surface area contributed by atoms with Gasteiger partial charge in [-0.25, -0.2) is 0 Å². The third-order valence-corrected chi connectivity index (χ3v) is 6.72. The van der Waals surface area contributed by atoms with Gasteiger partial charge >= 0.3 is 0 Å². The molecule has 3 rings (SSSR count). The molecule has 0 spiro atoms. The van der Waals surface area contributed by atoms with Gasteiger partial charge in [-0.2, -0.15) is 0 Å². The van der Waals surface area contributed by atoms with E-state index in [2.05, 4.69) is 58.1 Å². The number of hydrogen-bond acceptors (Lipinski definition) is 2. The molecule has 3 heteroatoms. The van der Waals surface area contributed by atoms with Gasteiger partial charge in [-0.15, -0.1) is 11.3 Å². The molecule has 0 saturated heterocycles. The van der Waals surface area contributed by atoms with Gasteiger partial charge in [0.2, 0.25) is 0 Å². The summed E-state index contributed by atoms with van der Waals surface area (Å²) in [6, 6.07) is 8.08. The number of thiophene rings is 1. The van der Waals surface area contributed by atoms with Crippen molar-refractivity contribution in [1.29, 1.82) is 0 Å². The van der Waals surface area contributed by atoms with E-state index in [-0.39, 0.29) is 5.91 Å². The Labute approximate surface area is 184 Å². The van der Waals surface area contributed by atoms with Crippen LogP contribution in [-0.4, -0.2) is 5.91 Å². The summed E-state index contributed by atoms with van der Waals surface area (Å²) < 4.78 is 0. The minimum atomic E-state index is 0.0680. The highest BCUT2D eigenvalue weighted by Gasteiger charge is 2.28. The molecule has 0 radical (unpaired) electrons. The SMILES string of the molecule is C\C=C/C=C(\C=C\CCC)c1sc2c(c1C)CC(C)=CN(c1ccccc1C)C2=O. The number of benzene rings is 1. The Hall–Kier alpha value is -2.65. The number of amides is 1. The average molecular weight is 418 g/mol. The predicted molar refractivity (Wildman–Crippen MR) is 131 cm³/mol. The molecule has 1 aromatic carbocycles. The summed E-state index contributed by atoms with van der Waals surface area (Å²) in [5.74, 6) is 0.0680. The molecule has 0 bridgehead atoms. The van der Waals surface area contributed by atoms with Crippen molar-refractivity contribution in [2.45, 2.75) is 53.9 Å². The third-order valence-electron chi connectivity index (χ3n) is 5.35. The number of allylic oxidation sites excluding steroid dienone is 7. The molecule has 2 aromatic rings. The molecular formula is C27H31NOS. The van der Waals surface area contributed by atoms with Gasteiger partial charge in [-0.05, 0) is 68.9 Å². The van der Waals surface area contributed by atoms with E-state index in [1.54, 1.807) is 11.3 Å². The highest BCUT2D eigenvalue weighted by molar-refractivity contribution is 7.15. The lowest BCUT2D eigenvalue weighted by atomic mass is 10.00. The summed E-state index contributed by atoms with van der Waals surface area (Å²) in [6.07, 6.45) is 15.7. The lowest BCUT2D eigenvalue weighted by Gasteiger charge is -2.19. The van der Waals surface area contributed by atoms with Crippen molar-refractivity contribution in [3.63, 3.8) is 0 Å². The van der Waals surface area contributed by atoms with Gasteiger partial charge in [0.05, 0.1) is 10.6 Å². The first kappa shape index (κ1) is 22.0. The zero-order valence-corrected chi connectivity index (χ0v) is 19.5. The van der Waals surface area contributed by atoms with Gasteiger partial charge in [-0.3, -0.25) is 9.69 Å². The van der Waals surface area contributed by atoms with E-state index >= 15 is 0 Å². The fourth-order valence-corrected chi connectivity index (χ4v) is 4.99. The summed E-state index contributed by atoms with van der Waals surface area (Å²) in [4.78, 5) is 17.5. The van der Waals surface area contributed by atoms with E-state index < -0.39 is 0 Å². The van der Waals surface area contributed by atoms with Crippen LogP contribution in [0, 0.1) is 13.8 Å². The van der Waals surface area contributed by atoms with Crippen molar-refractivity contribution in [3.8, 4) is 0 Å². The number of unbranched alkanes of at least 4 members (excludes halogenated alkanes) is 1. The summed E-state index contributed by atoms with van der Waals surface area (Å²) in [5.41, 5.74) is 6.81. The van der Waals surface area contributed by atoms with E-state index in [1.165, 1.54) is 27.2 Å². The molecule has 0 fully saturated rings. The first-order valence-corrected chi connectivity index (χ1v) is 11.5. The van der Waals surface area contributed by atoms with Crippen LogP contribution in [0.25, 0.3) is 5.57 Å². The average Bonchev–Trinajstić information content (AvgIpc) is 2.98. The monoisotopic (exact) mass is 417 g/mol. The summed E-state index contributed by atoms with van der Waals surface area (Å²) >= 11 is 1.63. The number of para-hydroxylation sites is 1. The van der Waals surface area contributed by atoms with Crippen LogP contribution in [-0.2, 0) is 6.42 Å². The molecule has 2 heterocycles. The number of carbonyl (C=O) groups is 1. The highest BCUT2D eigenvalue weighted by Crippen LogP contribution is 2.39. The van der Waals surface area contributed by atoms with Crippen LogP contribution in [0.15, 0.2) is 66.4 Å². The van der Waals surface area contributed by atoms with Crippen molar-refractivity contribution in [3.05, 3.63) is 92.9 Å². The van der Waals surface area contributed by atoms with Gasteiger partial charge in [0.1, 0.15) is 0 Å². The van der Waals surface area contributed by atoms with Gasteiger partial charge in [-0.1, -0.05) is 67.5 Å². The standard InChI is InChI=1S/C27H31NOS/c1-6-8-10-15-22(14-9-7-2)25-21(5)23-17-19(3)18-28(27(29)26(23)30-25)24-16-12-11-13-20(24)4/h7,9-16,18H,6,8,17H2,1-5H3/b9-7-,15-10+,22-14+. The van der Waals surface area contributed by atoms with Crippen molar-refractivity contribution in [1.82, 2.24) is 0 Å². The number of hydrogen-bond donors (Lipinski definition) is 0. The fraction of sp³-hybridized carbons (Fsp3) is 0.296. The van der Waals surface area contributed by atoms with Gasteiger partial charge in [0.25, 0.3) is 5.91 Å². The Morgan fingerprint density at radius 3 is 2.67 bits per heavy atom. The maximum absolute atomic E-state index is 13.6. The topological polar surface area (TPSA) is 20.3 Å². The van der Waals surface area contributed by atoms with Crippen LogP contribution in [0.1, 0.15) is 64.9 Å². The molecule has 1 aliphatic heterocycles. The number of rotatable bonds is 6. The number of anilines is 1. The minimum Gasteiger partial charge on any atom is -0.283 e. The molecule has 0 aliphatic carbocycles. The Morgan fingerprint density at radius 2 is 1.97 bits per heavy atom. The molecule has 1 aliphatic rings. The molecule has 30 heavy (non-hydrogen) atoms. The number of carbonyl (C=O) groups excluding carboxylic acids is 1. The second-order valence-electron chi connectivity index (χ2n) is 7.82. The molecule has 2 nitrogen and oxygen atoms in total. The highest BCUT2D eigenvalue weighted by atomic mass is 32.1. The normalized spacial score (nSPS) is 15.1. The van der Waals surface area contributed by atoms with E-state index in [9.17, 15) is 4.79 Å². The zero-order chi connectivity index (χ0) is 21.7. The van der Waals surface area contributed by atoms with Crippen LogP contribution in [0.3, 0.4) is 0 Å². The maximum Gasteiger partial charge on any atom is 0.272 e. The molecule has 1 aromatic heterocycles. The molecule has 156 valence electrons. The van der Waals surface area contributed by atoms with Gasteiger partial charge < -0.3 is 0 Å². The van der Waals surface area contributed by atoms with Crippen molar-refractivity contribution < 1.29 is 4.79 Å². The molecule has 1 amide bonds. The van der Waals surface area contributed by atoms with E-state index in [0.29, 0.717) is 0 Å². The molecule has 0 atom stereocenters. The Bertz CT molecular complexity index is 1050. The van der Waals surface area contributed by atoms with E-state index in [0.717, 1.165) is 35.4 Å². The third kappa shape index (κ3) is 4.57. The first-order valence-electron chi connectivity index (χ1n) is 10.7. The van der Waals surface area contributed by atoms with Gasteiger partial charge in [0, 0.05) is 11.1 Å². The Kier molecular flexibility index (Phi) is 7.28. The summed E-state index contributed by atoms with van der Waals surface area (Å²) in [6.45, 7) is 10.5. The molecule has 0 saturated carbocycles. The largest absolute Gasteiger partial charge is 0.283 e. The van der Waals surface area contributed by atoms with Crippen LogP contribution in [0.4, 0.5) is 5.69 Å². The Morgan fingerprint density at radius 1 is 1.20 bits per heavy atom. The maximum atomic E-state index is 13.6. The van der Waals surface area contributed by atoms with E-state index in [1.807, 2.05) is 42.3 Å². The number of fused-ring (bicyclic) bond motifs is 1. The van der Waals surface area contributed by atoms with E-state index in [4.69, 9.17) is 0 Å². The smallest absolute Gasteiger partial charge is 0.272 e. The second kappa shape index (κ2) is 9.90. The summed E-state index contributed by atoms with van der Waals surface area (Å²) in [5, 5.41) is 0. The van der Waals surface area contributed by atoms with Crippen LogP contribution in [0.5, 0.6) is 0 Å². The lowest BCUT2D eigenvalue weighted by Crippen LogP contribution is -2.25. The number of nitrogens with zero attached hydrogens (tertiary/aromatic N) is 1. The molecular weight excluding hydrogens is 386 g/mol. The fourth-order valence-electron chi connectivity index (χ4n) is 3.72. The minimum absolute atomic E-state index is 0.0680. The van der Waals surface area contributed by atoms with Gasteiger partial charge in [0.15, 0.2) is 0 Å². The quantitative estimate of drug-likeness (QED) is 0.439. The van der Waals surface area contributed by atoms with Crippen molar-refractivity contribution in [2.75, 3.05) is 4.90 Å². The first-order chi connectivity index (χ1) is 14.5. The lowest BCUT2D eigenvalue weighted by molar-refractivity contribution is 0.100. The Balaban J connectivity index is 2.11. The van der Waals surface area contributed by atoms with Crippen LogP contribution < -0.4 is 4.90 Å². The predicted octanol–water partition coefficient (Wildman–Crippen LogP) is 7.79. The molecule has 0 unspecified atom stereocenters. The molecule has 0 N–H and O–H groups in total. The van der Waals surface area contributed by atoms with Crippen molar-refractivity contribution in [2.24, 2.45) is 0 Å². The second-order valence-corrected chi connectivity index (χ2v) is 8.84. The number of aryl methyl sites for hydroxylation is 1. The van der Waals surface area contributed by atoms with Crippen LogP contribution >= 0.6 is 11.3 Å². The zero-order valence-electron chi connectivity index (χ0n) is 18.7.